The zero-order chi connectivity index (χ0) is 9.41. The van der Waals surface area contributed by atoms with E-state index in [1.165, 1.54) is 10.6 Å². The summed E-state index contributed by atoms with van der Waals surface area (Å²) in [6.45, 7) is 2.78. The Bertz CT molecular complexity index is 255. The van der Waals surface area contributed by atoms with Crippen LogP contribution in [0.1, 0.15) is 19.8 Å². The van der Waals surface area contributed by atoms with Gasteiger partial charge >= 0.3 is 0 Å². The van der Waals surface area contributed by atoms with Gasteiger partial charge in [0.05, 0.1) is 5.60 Å². The Balaban J connectivity index is 2.47. The summed E-state index contributed by atoms with van der Waals surface area (Å²) in [5, 5.41) is 9.69. The molecule has 0 aromatic heterocycles. The van der Waals surface area contributed by atoms with Gasteiger partial charge in [0.15, 0.2) is 0 Å². The molecule has 1 saturated heterocycles. The van der Waals surface area contributed by atoms with Crippen LogP contribution in [0.15, 0.2) is 0 Å². The van der Waals surface area contributed by atoms with Crippen LogP contribution in [0.4, 0.5) is 0 Å². The summed E-state index contributed by atoms with van der Waals surface area (Å²) in [6.07, 6.45) is 3.05. The van der Waals surface area contributed by atoms with Crippen LogP contribution in [-0.4, -0.2) is 38.6 Å². The SMILES string of the molecule is CCCC1(O)CN(S(C)(=N)=O)C1. The Morgan fingerprint density at radius 3 is 2.50 bits per heavy atom. The van der Waals surface area contributed by atoms with Gasteiger partial charge in [-0.2, -0.15) is 0 Å². The third-order valence-electron chi connectivity index (χ3n) is 2.15. The van der Waals surface area contributed by atoms with Gasteiger partial charge in [-0.15, -0.1) is 0 Å². The molecule has 1 fully saturated rings. The molecule has 72 valence electrons. The molecule has 0 aromatic rings. The van der Waals surface area contributed by atoms with Crippen LogP contribution < -0.4 is 0 Å². The average Bonchev–Trinajstić information content (AvgIpc) is 1.81. The maximum Gasteiger partial charge on any atom is 0.105 e. The molecule has 1 unspecified atom stereocenters. The van der Waals surface area contributed by atoms with Gasteiger partial charge < -0.3 is 5.11 Å². The highest BCUT2D eigenvalue weighted by Gasteiger charge is 2.43. The van der Waals surface area contributed by atoms with Crippen molar-refractivity contribution in [3.05, 3.63) is 0 Å². The maximum absolute atomic E-state index is 11.1. The number of nitrogens with zero attached hydrogens (tertiary/aromatic N) is 1. The van der Waals surface area contributed by atoms with E-state index in [4.69, 9.17) is 4.78 Å². The molecule has 1 aliphatic heterocycles. The summed E-state index contributed by atoms with van der Waals surface area (Å²) < 4.78 is 19.9. The van der Waals surface area contributed by atoms with E-state index >= 15 is 0 Å². The van der Waals surface area contributed by atoms with E-state index < -0.39 is 15.5 Å². The van der Waals surface area contributed by atoms with E-state index in [0.29, 0.717) is 13.1 Å². The van der Waals surface area contributed by atoms with Crippen LogP contribution in [0.2, 0.25) is 0 Å². The number of rotatable bonds is 3. The van der Waals surface area contributed by atoms with Gasteiger partial charge in [-0.25, -0.2) is 13.3 Å². The Kier molecular flexibility index (Phi) is 2.47. The van der Waals surface area contributed by atoms with Crippen molar-refractivity contribution in [1.82, 2.24) is 4.31 Å². The summed E-state index contributed by atoms with van der Waals surface area (Å²) in [5.74, 6) is 0. The van der Waals surface area contributed by atoms with Gasteiger partial charge in [0.25, 0.3) is 0 Å². The third-order valence-corrected chi connectivity index (χ3v) is 3.39. The third kappa shape index (κ3) is 1.97. The topological polar surface area (TPSA) is 64.4 Å². The van der Waals surface area contributed by atoms with Gasteiger partial charge in [0, 0.05) is 19.3 Å². The Morgan fingerprint density at radius 1 is 1.67 bits per heavy atom. The van der Waals surface area contributed by atoms with Crippen LogP contribution in [0, 0.1) is 4.78 Å². The van der Waals surface area contributed by atoms with E-state index in [-0.39, 0.29) is 0 Å². The predicted octanol–water partition coefficient (Wildman–Crippen LogP) is 0.425. The van der Waals surface area contributed by atoms with Crippen molar-refractivity contribution < 1.29 is 9.32 Å². The van der Waals surface area contributed by atoms with Crippen molar-refractivity contribution in [3.63, 3.8) is 0 Å². The Morgan fingerprint density at radius 2 is 2.17 bits per heavy atom. The highest BCUT2D eigenvalue weighted by atomic mass is 32.2. The second-order valence-electron chi connectivity index (χ2n) is 3.57. The fourth-order valence-electron chi connectivity index (χ4n) is 1.48. The minimum atomic E-state index is -2.58. The second kappa shape index (κ2) is 2.97. The molecule has 0 amide bonds. The highest BCUT2D eigenvalue weighted by Crippen LogP contribution is 2.27. The van der Waals surface area contributed by atoms with Gasteiger partial charge in [-0.05, 0) is 6.42 Å². The molecule has 0 saturated carbocycles. The monoisotopic (exact) mass is 192 g/mol. The van der Waals surface area contributed by atoms with Crippen molar-refractivity contribution in [1.29, 1.82) is 4.78 Å². The first kappa shape index (κ1) is 9.95. The molecule has 0 bridgehead atoms. The summed E-state index contributed by atoms with van der Waals surface area (Å²) >= 11 is 0. The zero-order valence-electron chi connectivity index (χ0n) is 7.54. The van der Waals surface area contributed by atoms with Crippen LogP contribution in [0.5, 0.6) is 0 Å². The predicted molar refractivity (Wildman–Crippen MR) is 48.2 cm³/mol. The van der Waals surface area contributed by atoms with Crippen molar-refractivity contribution >= 4 is 9.92 Å². The number of hydrogen-bond donors (Lipinski definition) is 2. The molecule has 0 aliphatic carbocycles. The molecule has 4 nitrogen and oxygen atoms in total. The largest absolute Gasteiger partial charge is 0.387 e. The second-order valence-corrected chi connectivity index (χ2v) is 5.70. The first-order chi connectivity index (χ1) is 5.37. The van der Waals surface area contributed by atoms with Gasteiger partial charge in [-0.3, -0.25) is 0 Å². The van der Waals surface area contributed by atoms with Crippen molar-refractivity contribution in [2.45, 2.75) is 25.4 Å². The van der Waals surface area contributed by atoms with E-state index in [2.05, 4.69) is 0 Å². The molecule has 0 spiro atoms. The first-order valence-corrected chi connectivity index (χ1v) is 6.01. The molecule has 1 rings (SSSR count). The fourth-order valence-corrected chi connectivity index (χ4v) is 2.45. The zero-order valence-corrected chi connectivity index (χ0v) is 8.36. The Labute approximate surface area is 73.7 Å². The lowest BCUT2D eigenvalue weighted by molar-refractivity contribution is -0.0639. The normalized spacial score (nSPS) is 27.6. The maximum atomic E-state index is 11.1. The number of hydrogen-bond acceptors (Lipinski definition) is 3. The summed E-state index contributed by atoms with van der Waals surface area (Å²) in [4.78, 5) is 0. The van der Waals surface area contributed by atoms with Crippen molar-refractivity contribution in [2.24, 2.45) is 0 Å². The van der Waals surface area contributed by atoms with Crippen LogP contribution in [0.25, 0.3) is 0 Å². The lowest BCUT2D eigenvalue weighted by Crippen LogP contribution is -2.62. The smallest absolute Gasteiger partial charge is 0.105 e. The van der Waals surface area contributed by atoms with E-state index in [9.17, 15) is 9.32 Å². The summed E-state index contributed by atoms with van der Waals surface area (Å²) in [7, 11) is -2.58. The number of nitrogens with one attached hydrogen (secondary N) is 1. The lowest BCUT2D eigenvalue weighted by Gasteiger charge is -2.45. The number of aliphatic hydroxyl groups is 1. The van der Waals surface area contributed by atoms with E-state index in [1.54, 1.807) is 0 Å². The van der Waals surface area contributed by atoms with Gasteiger partial charge in [-0.1, -0.05) is 13.3 Å². The summed E-state index contributed by atoms with van der Waals surface area (Å²) in [6, 6.07) is 0. The molecular weight excluding hydrogens is 176 g/mol. The molecule has 1 heterocycles. The number of β-amino-alcohol motifs (C(OH)–C–C–N with tert-alkyl or cyclic N) is 1. The Hall–Kier alpha value is -0.130. The van der Waals surface area contributed by atoms with Crippen LogP contribution in [-0.2, 0) is 9.92 Å². The van der Waals surface area contributed by atoms with Crippen LogP contribution in [0.3, 0.4) is 0 Å². The molecule has 1 atom stereocenters. The molecule has 0 radical (unpaired) electrons. The molecule has 5 heteroatoms. The van der Waals surface area contributed by atoms with Gasteiger partial charge in [0.2, 0.25) is 0 Å². The molecule has 1 aliphatic rings. The lowest BCUT2D eigenvalue weighted by atomic mass is 9.92. The van der Waals surface area contributed by atoms with Gasteiger partial charge in [0.1, 0.15) is 9.92 Å². The average molecular weight is 192 g/mol. The van der Waals surface area contributed by atoms with Crippen LogP contribution >= 0.6 is 0 Å². The van der Waals surface area contributed by atoms with Crippen molar-refractivity contribution in [2.75, 3.05) is 19.3 Å². The molecule has 0 aromatic carbocycles. The quantitative estimate of drug-likeness (QED) is 0.681. The van der Waals surface area contributed by atoms with Crippen molar-refractivity contribution in [3.8, 4) is 0 Å². The first-order valence-electron chi connectivity index (χ1n) is 4.09. The minimum Gasteiger partial charge on any atom is -0.387 e. The highest BCUT2D eigenvalue weighted by molar-refractivity contribution is 7.89. The molecule has 12 heavy (non-hydrogen) atoms. The fraction of sp³-hybridized carbons (Fsp3) is 1.00. The molecule has 2 N–H and O–H groups in total. The van der Waals surface area contributed by atoms with E-state index in [1.807, 2.05) is 6.92 Å². The molecular formula is C7H16N2O2S. The van der Waals surface area contributed by atoms with E-state index in [0.717, 1.165) is 12.8 Å². The summed E-state index contributed by atoms with van der Waals surface area (Å²) in [5.41, 5.74) is -0.672. The standard InChI is InChI=1S/C7H16N2O2S/c1-3-4-7(10)5-9(6-7)12(2,8)11/h8,10H,3-6H2,1-2H3. The minimum absolute atomic E-state index is 0.389.